The molecule has 1 aliphatic heterocycles. The Hall–Kier alpha value is 0.01000. The molecule has 1 aromatic rings. The molecule has 1 fully saturated rings. The molecule has 94 valence electrons. The Kier molecular flexibility index (Phi) is 4.56. The van der Waals surface area contributed by atoms with Crippen molar-refractivity contribution in [3.63, 3.8) is 0 Å². The van der Waals surface area contributed by atoms with Crippen LogP contribution in [0.15, 0.2) is 12.1 Å². The van der Waals surface area contributed by atoms with Gasteiger partial charge in [-0.25, -0.2) is 0 Å². The van der Waals surface area contributed by atoms with Crippen LogP contribution in [0.25, 0.3) is 0 Å². The molecule has 1 aromatic carbocycles. The van der Waals surface area contributed by atoms with Crippen molar-refractivity contribution in [3.8, 4) is 0 Å². The fourth-order valence-corrected chi connectivity index (χ4v) is 3.02. The number of halogens is 3. The Labute approximate surface area is 116 Å². The van der Waals surface area contributed by atoms with Crippen molar-refractivity contribution in [3.05, 3.63) is 32.8 Å². The zero-order valence-corrected chi connectivity index (χ0v) is 11.6. The standard InChI is InChI=1S/C12H15Cl3N2/c13-8-5-9(11(15)10(14)6-8)12(16)7-1-3-17-4-2-7/h5-7,12,17H,1-4,16H2/t12-/m1/s1. The second-order valence-electron chi connectivity index (χ2n) is 4.40. The minimum Gasteiger partial charge on any atom is -0.324 e. The van der Waals surface area contributed by atoms with Crippen molar-refractivity contribution in [2.75, 3.05) is 13.1 Å². The molecule has 0 unspecified atom stereocenters. The lowest BCUT2D eigenvalue weighted by molar-refractivity contribution is 0.322. The normalized spacial score (nSPS) is 19.3. The second-order valence-corrected chi connectivity index (χ2v) is 5.63. The van der Waals surface area contributed by atoms with Crippen molar-refractivity contribution in [1.29, 1.82) is 0 Å². The van der Waals surface area contributed by atoms with Crippen molar-refractivity contribution in [1.82, 2.24) is 5.32 Å². The molecule has 0 radical (unpaired) electrons. The van der Waals surface area contributed by atoms with Crippen LogP contribution in [-0.2, 0) is 0 Å². The average Bonchev–Trinajstić information content (AvgIpc) is 2.34. The number of rotatable bonds is 2. The Morgan fingerprint density at radius 1 is 1.18 bits per heavy atom. The molecule has 3 N–H and O–H groups in total. The molecule has 0 aliphatic carbocycles. The van der Waals surface area contributed by atoms with Gasteiger partial charge in [-0.2, -0.15) is 0 Å². The average molecular weight is 294 g/mol. The van der Waals surface area contributed by atoms with E-state index in [0.29, 0.717) is 21.0 Å². The summed E-state index contributed by atoms with van der Waals surface area (Å²) in [6, 6.07) is 3.37. The lowest BCUT2D eigenvalue weighted by atomic mass is 9.86. The fraction of sp³-hybridized carbons (Fsp3) is 0.500. The topological polar surface area (TPSA) is 38.0 Å². The first-order chi connectivity index (χ1) is 8.09. The van der Waals surface area contributed by atoms with Gasteiger partial charge in [0, 0.05) is 11.1 Å². The van der Waals surface area contributed by atoms with Gasteiger partial charge >= 0.3 is 0 Å². The van der Waals surface area contributed by atoms with E-state index in [2.05, 4.69) is 5.32 Å². The first-order valence-electron chi connectivity index (χ1n) is 5.70. The van der Waals surface area contributed by atoms with E-state index in [4.69, 9.17) is 40.5 Å². The van der Waals surface area contributed by atoms with Crippen molar-refractivity contribution >= 4 is 34.8 Å². The van der Waals surface area contributed by atoms with E-state index in [-0.39, 0.29) is 6.04 Å². The molecule has 0 spiro atoms. The van der Waals surface area contributed by atoms with Gasteiger partial charge in [-0.1, -0.05) is 34.8 Å². The van der Waals surface area contributed by atoms with Crippen LogP contribution in [0.4, 0.5) is 0 Å². The number of nitrogens with two attached hydrogens (primary N) is 1. The fourth-order valence-electron chi connectivity index (χ4n) is 2.28. The monoisotopic (exact) mass is 292 g/mol. The minimum absolute atomic E-state index is 0.0965. The molecule has 0 amide bonds. The van der Waals surface area contributed by atoms with E-state index in [9.17, 15) is 0 Å². The summed E-state index contributed by atoms with van der Waals surface area (Å²) in [4.78, 5) is 0. The minimum atomic E-state index is -0.0965. The molecule has 2 rings (SSSR count). The van der Waals surface area contributed by atoms with Crippen molar-refractivity contribution in [2.45, 2.75) is 18.9 Å². The van der Waals surface area contributed by atoms with E-state index < -0.39 is 0 Å². The number of piperidine rings is 1. The number of nitrogens with one attached hydrogen (secondary N) is 1. The summed E-state index contributed by atoms with van der Waals surface area (Å²) in [6.07, 6.45) is 2.11. The maximum atomic E-state index is 6.28. The lowest BCUT2D eigenvalue weighted by Gasteiger charge is -2.29. The molecule has 5 heteroatoms. The van der Waals surface area contributed by atoms with Gasteiger partial charge in [-0.3, -0.25) is 0 Å². The molecule has 1 atom stereocenters. The number of hydrogen-bond donors (Lipinski definition) is 2. The van der Waals surface area contributed by atoms with E-state index in [1.54, 1.807) is 6.07 Å². The molecule has 1 aliphatic rings. The highest BCUT2D eigenvalue weighted by atomic mass is 35.5. The maximum Gasteiger partial charge on any atom is 0.0641 e. The summed E-state index contributed by atoms with van der Waals surface area (Å²) >= 11 is 18.2. The van der Waals surface area contributed by atoms with Gasteiger partial charge in [0.25, 0.3) is 0 Å². The summed E-state index contributed by atoms with van der Waals surface area (Å²) in [5, 5.41) is 4.90. The maximum absolute atomic E-state index is 6.28. The quantitative estimate of drug-likeness (QED) is 0.817. The number of hydrogen-bond acceptors (Lipinski definition) is 2. The zero-order valence-electron chi connectivity index (χ0n) is 9.35. The van der Waals surface area contributed by atoms with Crippen LogP contribution >= 0.6 is 34.8 Å². The summed E-state index contributed by atoms with van der Waals surface area (Å²) < 4.78 is 0. The predicted octanol–water partition coefficient (Wildman–Crippen LogP) is 3.65. The van der Waals surface area contributed by atoms with E-state index in [0.717, 1.165) is 31.5 Å². The molecular weight excluding hydrogens is 279 g/mol. The molecule has 2 nitrogen and oxygen atoms in total. The molecule has 1 saturated heterocycles. The van der Waals surface area contributed by atoms with E-state index >= 15 is 0 Å². The van der Waals surface area contributed by atoms with Gasteiger partial charge in [0.05, 0.1) is 10.0 Å². The number of benzene rings is 1. The molecule has 17 heavy (non-hydrogen) atoms. The Morgan fingerprint density at radius 3 is 2.47 bits per heavy atom. The molecule has 0 aromatic heterocycles. The SMILES string of the molecule is N[C@@H](c1cc(Cl)cc(Cl)c1Cl)C1CCNCC1. The summed E-state index contributed by atoms with van der Waals surface area (Å²) in [7, 11) is 0. The van der Waals surface area contributed by atoms with Gasteiger partial charge in [-0.05, 0) is 49.5 Å². The first-order valence-corrected chi connectivity index (χ1v) is 6.83. The van der Waals surface area contributed by atoms with Gasteiger partial charge < -0.3 is 11.1 Å². The van der Waals surface area contributed by atoms with Crippen molar-refractivity contribution in [2.24, 2.45) is 11.7 Å². The third-order valence-corrected chi connectivity index (χ3v) is 4.31. The van der Waals surface area contributed by atoms with Gasteiger partial charge in [0.15, 0.2) is 0 Å². The van der Waals surface area contributed by atoms with Crippen LogP contribution in [0.5, 0.6) is 0 Å². The molecule has 0 saturated carbocycles. The smallest absolute Gasteiger partial charge is 0.0641 e. The predicted molar refractivity (Wildman–Crippen MR) is 74.0 cm³/mol. The zero-order chi connectivity index (χ0) is 12.4. The lowest BCUT2D eigenvalue weighted by Crippen LogP contribution is -2.33. The highest BCUT2D eigenvalue weighted by Crippen LogP contribution is 2.37. The summed E-state index contributed by atoms with van der Waals surface area (Å²) in [6.45, 7) is 2.01. The third-order valence-electron chi connectivity index (χ3n) is 3.27. The van der Waals surface area contributed by atoms with Crippen molar-refractivity contribution < 1.29 is 0 Å². The van der Waals surface area contributed by atoms with Crippen LogP contribution in [0, 0.1) is 5.92 Å². The van der Waals surface area contributed by atoms with Gasteiger partial charge in [0.1, 0.15) is 0 Å². The first kappa shape index (κ1) is 13.4. The van der Waals surface area contributed by atoms with Crippen LogP contribution in [-0.4, -0.2) is 13.1 Å². The third kappa shape index (κ3) is 3.07. The van der Waals surface area contributed by atoms with Crippen LogP contribution in [0.3, 0.4) is 0 Å². The Morgan fingerprint density at radius 2 is 1.82 bits per heavy atom. The van der Waals surface area contributed by atoms with E-state index in [1.165, 1.54) is 0 Å². The second kappa shape index (κ2) is 5.77. The van der Waals surface area contributed by atoms with Crippen LogP contribution < -0.4 is 11.1 Å². The highest BCUT2D eigenvalue weighted by molar-refractivity contribution is 6.43. The highest BCUT2D eigenvalue weighted by Gasteiger charge is 2.24. The van der Waals surface area contributed by atoms with E-state index in [1.807, 2.05) is 6.07 Å². The van der Waals surface area contributed by atoms with Gasteiger partial charge in [-0.15, -0.1) is 0 Å². The largest absolute Gasteiger partial charge is 0.324 e. The summed E-state index contributed by atoms with van der Waals surface area (Å²) in [5.74, 6) is 0.434. The van der Waals surface area contributed by atoms with Crippen LogP contribution in [0.2, 0.25) is 15.1 Å². The Balaban J connectivity index is 2.26. The van der Waals surface area contributed by atoms with Gasteiger partial charge in [0.2, 0.25) is 0 Å². The molecular formula is C12H15Cl3N2. The summed E-state index contributed by atoms with van der Waals surface area (Å²) in [5.41, 5.74) is 7.14. The van der Waals surface area contributed by atoms with Crippen LogP contribution in [0.1, 0.15) is 24.4 Å². The molecule has 1 heterocycles. The Bertz CT molecular complexity index is 403. The molecule has 0 bridgehead atoms.